The van der Waals surface area contributed by atoms with Gasteiger partial charge in [-0.2, -0.15) is 5.16 Å². The zero-order chi connectivity index (χ0) is 14.3. The van der Waals surface area contributed by atoms with Crippen LogP contribution in [0.1, 0.15) is 5.56 Å². The highest BCUT2D eigenvalue weighted by Gasteiger charge is 2.20. The average molecular weight is 291 g/mol. The van der Waals surface area contributed by atoms with E-state index in [9.17, 15) is 14.4 Å². The van der Waals surface area contributed by atoms with E-state index >= 15 is 0 Å². The molecule has 2 heterocycles. The maximum absolute atomic E-state index is 11.7. The van der Waals surface area contributed by atoms with E-state index in [-0.39, 0.29) is 17.9 Å². The summed E-state index contributed by atoms with van der Waals surface area (Å²) in [5.74, 6) is 0.412. The molecule has 7 nitrogen and oxygen atoms in total. The van der Waals surface area contributed by atoms with Gasteiger partial charge in [0, 0.05) is 6.54 Å². The lowest BCUT2D eigenvalue weighted by atomic mass is 10.1. The average Bonchev–Trinajstić information content (AvgIpc) is 3.08. The first-order chi connectivity index (χ1) is 9.59. The van der Waals surface area contributed by atoms with Crippen LogP contribution in [0.4, 0.5) is 11.4 Å². The summed E-state index contributed by atoms with van der Waals surface area (Å²) in [6.07, 6.45) is 0. The summed E-state index contributed by atoms with van der Waals surface area (Å²) < 4.78 is 5.13. The summed E-state index contributed by atoms with van der Waals surface area (Å²) >= 11 is 1.42. The molecule has 0 saturated carbocycles. The first kappa shape index (κ1) is 12.4. The number of hydrogen-bond acceptors (Lipinski definition) is 7. The van der Waals surface area contributed by atoms with Gasteiger partial charge < -0.3 is 15.6 Å². The van der Waals surface area contributed by atoms with Crippen LogP contribution < -0.4 is 27.5 Å². The van der Waals surface area contributed by atoms with Gasteiger partial charge in [0.1, 0.15) is 11.4 Å². The number of H-pyrrole nitrogens is 1. The van der Waals surface area contributed by atoms with Gasteiger partial charge in [-0.25, -0.2) is 0 Å². The van der Waals surface area contributed by atoms with Gasteiger partial charge in [0.05, 0.1) is 10.4 Å². The smallest absolute Gasteiger partial charge is 0.285 e. The first-order valence-electron chi connectivity index (χ1n) is 5.66. The monoisotopic (exact) mass is 291 g/mol. The summed E-state index contributed by atoms with van der Waals surface area (Å²) in [5, 5.41) is 6.81. The molecule has 0 spiro atoms. The zero-order valence-corrected chi connectivity index (χ0v) is 10.9. The number of nitrogens with one attached hydrogen (secondary N) is 2. The van der Waals surface area contributed by atoms with Crippen LogP contribution in [0.15, 0.2) is 36.4 Å². The standard InChI is InChI=1S/C12H9N3O4S/c13-7-8(10(17)9(7)16)14-4-5-11(19-15-12(5)18)6-2-1-3-20-6/h1-3,14H,4,13H2,(H,15,18). The van der Waals surface area contributed by atoms with Crippen LogP contribution in [0, 0.1) is 0 Å². The third-order valence-corrected chi connectivity index (χ3v) is 3.80. The van der Waals surface area contributed by atoms with Crippen molar-refractivity contribution in [3.63, 3.8) is 0 Å². The fraction of sp³-hybridized carbons (Fsp3) is 0.0833. The Kier molecular flexibility index (Phi) is 2.79. The van der Waals surface area contributed by atoms with Crippen molar-refractivity contribution in [1.82, 2.24) is 5.16 Å². The molecule has 0 saturated heterocycles. The normalized spacial score (nSPS) is 11.0. The minimum atomic E-state index is -0.702. The van der Waals surface area contributed by atoms with Gasteiger partial charge in [0.15, 0.2) is 5.76 Å². The Morgan fingerprint density at radius 1 is 1.30 bits per heavy atom. The molecule has 1 aromatic carbocycles. The van der Waals surface area contributed by atoms with Crippen LogP contribution in [-0.4, -0.2) is 5.16 Å². The van der Waals surface area contributed by atoms with Crippen LogP contribution in [-0.2, 0) is 6.54 Å². The fourth-order valence-corrected chi connectivity index (χ4v) is 2.59. The number of nitrogens with two attached hydrogens (primary N) is 1. The van der Waals surface area contributed by atoms with Crippen molar-refractivity contribution in [2.24, 2.45) is 0 Å². The molecule has 0 radical (unpaired) electrons. The van der Waals surface area contributed by atoms with E-state index in [1.54, 1.807) is 0 Å². The Morgan fingerprint density at radius 3 is 2.75 bits per heavy atom. The molecule has 102 valence electrons. The molecule has 8 heteroatoms. The molecule has 0 bridgehead atoms. The Labute approximate surface area is 115 Å². The maximum Gasteiger partial charge on any atom is 0.285 e. The quantitative estimate of drug-likeness (QED) is 0.602. The summed E-state index contributed by atoms with van der Waals surface area (Å²) in [4.78, 5) is 34.8. The summed E-state index contributed by atoms with van der Waals surface area (Å²) in [5.41, 5.74) is 3.94. The van der Waals surface area contributed by atoms with Crippen LogP contribution >= 0.6 is 11.3 Å². The maximum atomic E-state index is 11.7. The van der Waals surface area contributed by atoms with E-state index in [1.807, 2.05) is 17.5 Å². The molecule has 3 aromatic rings. The molecule has 2 aromatic heterocycles. The minimum Gasteiger partial charge on any atom is -0.394 e. The molecular weight excluding hydrogens is 282 g/mol. The second-order valence-corrected chi connectivity index (χ2v) is 5.07. The molecule has 0 atom stereocenters. The van der Waals surface area contributed by atoms with Crippen molar-refractivity contribution in [2.75, 3.05) is 11.1 Å². The molecular formula is C12H9N3O4S. The molecule has 0 aliphatic rings. The van der Waals surface area contributed by atoms with Crippen LogP contribution in [0.2, 0.25) is 0 Å². The molecule has 0 aliphatic carbocycles. The lowest BCUT2D eigenvalue weighted by Crippen LogP contribution is -2.37. The van der Waals surface area contributed by atoms with E-state index < -0.39 is 16.4 Å². The van der Waals surface area contributed by atoms with Gasteiger partial charge >= 0.3 is 0 Å². The molecule has 3 rings (SSSR count). The van der Waals surface area contributed by atoms with E-state index in [0.717, 1.165) is 4.88 Å². The van der Waals surface area contributed by atoms with E-state index in [1.165, 1.54) is 11.3 Å². The zero-order valence-electron chi connectivity index (χ0n) is 10.1. The number of nitrogen functional groups attached to an aromatic ring is 1. The Hall–Kier alpha value is -2.61. The number of anilines is 2. The highest BCUT2D eigenvalue weighted by atomic mass is 32.1. The predicted octanol–water partition coefficient (Wildman–Crippen LogP) is 0.487. The molecule has 0 unspecified atom stereocenters. The SMILES string of the molecule is Nc1c(NCc2c(-c3cccs3)o[nH]c2=O)c(=O)c1=O. The third-order valence-electron chi connectivity index (χ3n) is 2.93. The molecule has 20 heavy (non-hydrogen) atoms. The lowest BCUT2D eigenvalue weighted by molar-refractivity contribution is 0.426. The summed E-state index contributed by atoms with van der Waals surface area (Å²) in [6, 6.07) is 3.64. The van der Waals surface area contributed by atoms with Crippen LogP contribution in [0.3, 0.4) is 0 Å². The Morgan fingerprint density at radius 2 is 2.10 bits per heavy atom. The van der Waals surface area contributed by atoms with Crippen molar-refractivity contribution in [3.8, 4) is 10.6 Å². The van der Waals surface area contributed by atoms with Gasteiger partial charge in [0.2, 0.25) is 0 Å². The predicted molar refractivity (Wildman–Crippen MR) is 75.7 cm³/mol. The Bertz CT molecular complexity index is 881. The molecule has 0 fully saturated rings. The topological polar surface area (TPSA) is 118 Å². The van der Waals surface area contributed by atoms with Crippen molar-refractivity contribution >= 4 is 22.7 Å². The van der Waals surface area contributed by atoms with Crippen molar-refractivity contribution in [2.45, 2.75) is 6.54 Å². The van der Waals surface area contributed by atoms with Crippen molar-refractivity contribution < 1.29 is 4.52 Å². The summed E-state index contributed by atoms with van der Waals surface area (Å²) in [7, 11) is 0. The van der Waals surface area contributed by atoms with Crippen molar-refractivity contribution in [1.29, 1.82) is 0 Å². The molecule has 0 aliphatic heterocycles. The largest absolute Gasteiger partial charge is 0.394 e. The molecule has 0 amide bonds. The summed E-state index contributed by atoms with van der Waals surface area (Å²) in [6.45, 7) is 0.0497. The number of thiophene rings is 1. The third kappa shape index (κ3) is 1.77. The number of hydrogen-bond donors (Lipinski definition) is 3. The van der Waals surface area contributed by atoms with Gasteiger partial charge in [-0.05, 0) is 11.4 Å². The molecule has 4 N–H and O–H groups in total. The van der Waals surface area contributed by atoms with Gasteiger partial charge in [0.25, 0.3) is 16.4 Å². The van der Waals surface area contributed by atoms with Crippen LogP contribution in [0.25, 0.3) is 10.6 Å². The lowest BCUT2D eigenvalue weighted by Gasteiger charge is -2.08. The van der Waals surface area contributed by atoms with E-state index in [0.29, 0.717) is 11.3 Å². The van der Waals surface area contributed by atoms with E-state index in [4.69, 9.17) is 10.3 Å². The Balaban J connectivity index is 1.89. The van der Waals surface area contributed by atoms with E-state index in [2.05, 4.69) is 10.5 Å². The number of rotatable bonds is 4. The number of aromatic nitrogens is 1. The fourth-order valence-electron chi connectivity index (χ4n) is 1.85. The second-order valence-electron chi connectivity index (χ2n) is 4.12. The minimum absolute atomic E-state index is 0.0488. The van der Waals surface area contributed by atoms with Gasteiger partial charge in [-0.1, -0.05) is 6.07 Å². The second kappa shape index (κ2) is 4.49. The van der Waals surface area contributed by atoms with Crippen molar-refractivity contribution in [3.05, 3.63) is 53.9 Å². The highest BCUT2D eigenvalue weighted by molar-refractivity contribution is 7.13. The number of aromatic amines is 1. The van der Waals surface area contributed by atoms with Crippen LogP contribution in [0.5, 0.6) is 0 Å². The van der Waals surface area contributed by atoms with Gasteiger partial charge in [-0.15, -0.1) is 11.3 Å². The first-order valence-corrected chi connectivity index (χ1v) is 6.54. The highest BCUT2D eigenvalue weighted by Crippen LogP contribution is 2.26. The van der Waals surface area contributed by atoms with Gasteiger partial charge in [-0.3, -0.25) is 14.4 Å².